The zero-order valence-corrected chi connectivity index (χ0v) is 7.45. The van der Waals surface area contributed by atoms with Crippen LogP contribution < -0.4 is 5.73 Å². The van der Waals surface area contributed by atoms with Gasteiger partial charge in [-0.25, -0.2) is 5.10 Å². The Morgan fingerprint density at radius 2 is 2.15 bits per heavy atom. The van der Waals surface area contributed by atoms with Gasteiger partial charge in [-0.3, -0.25) is 0 Å². The first-order valence-corrected chi connectivity index (χ1v) is 4.44. The van der Waals surface area contributed by atoms with E-state index in [2.05, 4.69) is 20.6 Å². The second kappa shape index (κ2) is 3.44. The summed E-state index contributed by atoms with van der Waals surface area (Å²) in [6, 6.07) is 7.56. The molecule has 13 heavy (non-hydrogen) atoms. The molecule has 0 spiro atoms. The molecule has 0 unspecified atom stereocenters. The zero-order chi connectivity index (χ0) is 9.10. The Kier molecular flexibility index (Phi) is 2.13. The molecular formula is C7H7N5S. The molecule has 66 valence electrons. The van der Waals surface area contributed by atoms with Gasteiger partial charge in [0.1, 0.15) is 0 Å². The summed E-state index contributed by atoms with van der Waals surface area (Å²) in [7, 11) is 0. The maximum Gasteiger partial charge on any atom is 0.211 e. The molecule has 3 N–H and O–H groups in total. The van der Waals surface area contributed by atoms with Crippen molar-refractivity contribution in [2.45, 2.75) is 10.1 Å². The molecule has 1 aromatic heterocycles. The molecule has 0 aliphatic carbocycles. The first kappa shape index (κ1) is 8.06. The van der Waals surface area contributed by atoms with Crippen molar-refractivity contribution >= 4 is 17.4 Å². The minimum atomic E-state index is 0.637. The third kappa shape index (κ3) is 1.78. The number of para-hydroxylation sites is 1. The number of aromatic nitrogens is 4. The molecule has 0 saturated heterocycles. The van der Waals surface area contributed by atoms with Crippen LogP contribution in [0, 0.1) is 0 Å². The number of hydrogen-bond acceptors (Lipinski definition) is 5. The van der Waals surface area contributed by atoms with E-state index in [0.717, 1.165) is 10.6 Å². The van der Waals surface area contributed by atoms with Gasteiger partial charge in [-0.2, -0.15) is 0 Å². The van der Waals surface area contributed by atoms with E-state index in [1.807, 2.05) is 24.3 Å². The fourth-order valence-corrected chi connectivity index (χ4v) is 1.58. The number of H-pyrrole nitrogens is 1. The fraction of sp³-hybridized carbons (Fsp3) is 0. The van der Waals surface area contributed by atoms with Gasteiger partial charge in [0.2, 0.25) is 5.16 Å². The van der Waals surface area contributed by atoms with E-state index in [4.69, 9.17) is 5.73 Å². The van der Waals surface area contributed by atoms with Crippen molar-refractivity contribution in [3.8, 4) is 0 Å². The smallest absolute Gasteiger partial charge is 0.211 e. The van der Waals surface area contributed by atoms with Crippen LogP contribution in [0.15, 0.2) is 34.3 Å². The lowest BCUT2D eigenvalue weighted by Gasteiger charge is -1.99. The molecule has 6 heteroatoms. The number of nitrogens with zero attached hydrogens (tertiary/aromatic N) is 3. The van der Waals surface area contributed by atoms with Crippen LogP contribution in [0.2, 0.25) is 0 Å². The van der Waals surface area contributed by atoms with Gasteiger partial charge in [0.05, 0.1) is 0 Å². The third-order valence-corrected chi connectivity index (χ3v) is 2.41. The molecule has 0 saturated carbocycles. The summed E-state index contributed by atoms with van der Waals surface area (Å²) < 4.78 is 0. The van der Waals surface area contributed by atoms with Gasteiger partial charge < -0.3 is 5.73 Å². The number of nitrogens with two attached hydrogens (primary N) is 1. The summed E-state index contributed by atoms with van der Waals surface area (Å²) in [4.78, 5) is 0.945. The number of nitrogen functional groups attached to an aromatic ring is 1. The van der Waals surface area contributed by atoms with E-state index in [9.17, 15) is 0 Å². The topological polar surface area (TPSA) is 80.5 Å². The molecule has 0 amide bonds. The average molecular weight is 193 g/mol. The first-order chi connectivity index (χ1) is 6.36. The standard InChI is InChI=1S/C7H7N5S/c8-5-3-1-2-4-6(5)13-7-9-11-12-10-7/h1-4H,8H2,(H,9,10,11,12). The van der Waals surface area contributed by atoms with Crippen molar-refractivity contribution < 1.29 is 0 Å². The van der Waals surface area contributed by atoms with Gasteiger partial charge in [-0.15, -0.1) is 5.10 Å². The summed E-state index contributed by atoms with van der Waals surface area (Å²) in [5, 5.41) is 14.0. The van der Waals surface area contributed by atoms with E-state index in [1.54, 1.807) is 0 Å². The molecule has 1 heterocycles. The quantitative estimate of drug-likeness (QED) is 0.693. The molecule has 0 fully saturated rings. The maximum absolute atomic E-state index is 5.73. The zero-order valence-electron chi connectivity index (χ0n) is 6.64. The molecule has 2 aromatic rings. The van der Waals surface area contributed by atoms with Crippen LogP contribution >= 0.6 is 11.8 Å². The predicted molar refractivity (Wildman–Crippen MR) is 49.2 cm³/mol. The summed E-state index contributed by atoms with van der Waals surface area (Å²) in [5.41, 5.74) is 6.46. The second-order valence-corrected chi connectivity index (χ2v) is 3.38. The van der Waals surface area contributed by atoms with Crippen molar-refractivity contribution in [1.29, 1.82) is 0 Å². The van der Waals surface area contributed by atoms with Gasteiger partial charge in [-0.1, -0.05) is 12.1 Å². The lowest BCUT2D eigenvalue weighted by molar-refractivity contribution is 0.881. The highest BCUT2D eigenvalue weighted by molar-refractivity contribution is 7.99. The molecule has 0 radical (unpaired) electrons. The van der Waals surface area contributed by atoms with Crippen molar-refractivity contribution in [3.63, 3.8) is 0 Å². The normalized spacial score (nSPS) is 10.2. The van der Waals surface area contributed by atoms with Crippen LogP contribution in [0.4, 0.5) is 5.69 Å². The summed E-state index contributed by atoms with van der Waals surface area (Å²) in [6.45, 7) is 0. The van der Waals surface area contributed by atoms with Crippen molar-refractivity contribution in [2.24, 2.45) is 0 Å². The van der Waals surface area contributed by atoms with Gasteiger partial charge in [0.25, 0.3) is 0 Å². The Bertz CT molecular complexity index is 386. The molecule has 0 bridgehead atoms. The van der Waals surface area contributed by atoms with Crippen LogP contribution in [-0.2, 0) is 0 Å². The number of anilines is 1. The molecule has 0 atom stereocenters. The van der Waals surface area contributed by atoms with Crippen molar-refractivity contribution in [1.82, 2.24) is 20.6 Å². The number of rotatable bonds is 2. The monoisotopic (exact) mass is 193 g/mol. The van der Waals surface area contributed by atoms with E-state index in [0.29, 0.717) is 5.16 Å². The van der Waals surface area contributed by atoms with Gasteiger partial charge >= 0.3 is 0 Å². The Hall–Kier alpha value is -1.56. The number of benzene rings is 1. The van der Waals surface area contributed by atoms with Gasteiger partial charge in [0, 0.05) is 10.6 Å². The van der Waals surface area contributed by atoms with Crippen LogP contribution in [0.1, 0.15) is 0 Å². The minimum Gasteiger partial charge on any atom is -0.398 e. The van der Waals surface area contributed by atoms with Crippen LogP contribution in [0.25, 0.3) is 0 Å². The highest BCUT2D eigenvalue weighted by Gasteiger charge is 2.02. The lowest BCUT2D eigenvalue weighted by atomic mass is 10.3. The fourth-order valence-electron chi connectivity index (χ4n) is 0.871. The summed E-state index contributed by atoms with van der Waals surface area (Å²) in [6.07, 6.45) is 0. The third-order valence-electron chi connectivity index (χ3n) is 1.45. The number of tetrazole rings is 1. The molecule has 2 rings (SSSR count). The average Bonchev–Trinajstić information content (AvgIpc) is 2.61. The summed E-state index contributed by atoms with van der Waals surface area (Å²) >= 11 is 1.40. The highest BCUT2D eigenvalue weighted by atomic mass is 32.2. The molecule has 5 nitrogen and oxygen atoms in total. The predicted octanol–water partition coefficient (Wildman–Crippen LogP) is 0.933. The van der Waals surface area contributed by atoms with E-state index < -0.39 is 0 Å². The second-order valence-electron chi connectivity index (χ2n) is 2.35. The van der Waals surface area contributed by atoms with E-state index >= 15 is 0 Å². The number of aromatic amines is 1. The molecular weight excluding hydrogens is 186 g/mol. The summed E-state index contributed by atoms with van der Waals surface area (Å²) in [5.74, 6) is 0. The van der Waals surface area contributed by atoms with Crippen molar-refractivity contribution in [3.05, 3.63) is 24.3 Å². The highest BCUT2D eigenvalue weighted by Crippen LogP contribution is 2.28. The van der Waals surface area contributed by atoms with Crippen LogP contribution in [-0.4, -0.2) is 20.6 Å². The number of hydrogen-bond donors (Lipinski definition) is 2. The maximum atomic E-state index is 5.73. The number of nitrogens with one attached hydrogen (secondary N) is 1. The van der Waals surface area contributed by atoms with Crippen LogP contribution in [0.3, 0.4) is 0 Å². The van der Waals surface area contributed by atoms with E-state index in [-0.39, 0.29) is 0 Å². The first-order valence-electron chi connectivity index (χ1n) is 3.62. The van der Waals surface area contributed by atoms with Gasteiger partial charge in [0.15, 0.2) is 0 Å². The Labute approximate surface area is 78.7 Å². The van der Waals surface area contributed by atoms with Crippen LogP contribution in [0.5, 0.6) is 0 Å². The van der Waals surface area contributed by atoms with E-state index in [1.165, 1.54) is 11.8 Å². The Morgan fingerprint density at radius 3 is 2.85 bits per heavy atom. The molecule has 0 aliphatic rings. The molecule has 0 aliphatic heterocycles. The van der Waals surface area contributed by atoms with Gasteiger partial charge in [-0.05, 0) is 34.3 Å². The largest absolute Gasteiger partial charge is 0.398 e. The molecule has 1 aromatic carbocycles. The Balaban J connectivity index is 2.24. The Morgan fingerprint density at radius 1 is 1.31 bits per heavy atom. The van der Waals surface area contributed by atoms with Crippen molar-refractivity contribution in [2.75, 3.05) is 5.73 Å². The lowest BCUT2D eigenvalue weighted by Crippen LogP contribution is -1.87. The SMILES string of the molecule is Nc1ccccc1Sc1nnn[nH]1. The minimum absolute atomic E-state index is 0.637.